The van der Waals surface area contributed by atoms with E-state index in [1.165, 1.54) is 12.5 Å². The Morgan fingerprint density at radius 3 is 2.50 bits per heavy atom. The molecule has 0 amide bonds. The fourth-order valence-electron chi connectivity index (χ4n) is 1.49. The van der Waals surface area contributed by atoms with Crippen LogP contribution in [-0.4, -0.2) is 23.2 Å². The Kier molecular flexibility index (Phi) is 5.82. The van der Waals surface area contributed by atoms with Gasteiger partial charge in [0.1, 0.15) is 11.8 Å². The molecule has 100 valence electrons. The second-order valence-corrected chi connectivity index (χ2v) is 4.43. The van der Waals surface area contributed by atoms with Gasteiger partial charge in [-0.05, 0) is 37.5 Å². The summed E-state index contributed by atoms with van der Waals surface area (Å²) in [4.78, 5) is 11.5. The molecule has 2 atom stereocenters. The number of aliphatic hydroxyl groups excluding tert-OH is 1. The third-order valence-corrected chi connectivity index (χ3v) is 2.75. The van der Waals surface area contributed by atoms with Gasteiger partial charge in [-0.3, -0.25) is 0 Å². The highest BCUT2D eigenvalue weighted by Crippen LogP contribution is 2.14. The molecule has 0 saturated heterocycles. The Morgan fingerprint density at radius 1 is 1.39 bits per heavy atom. The summed E-state index contributed by atoms with van der Waals surface area (Å²) in [5.41, 5.74) is 6.70. The number of hydrogen-bond acceptors (Lipinski definition) is 4. The highest BCUT2D eigenvalue weighted by Gasteiger charge is 2.20. The SMILES string of the molecule is CCCCc1ccc(OC(=O)C(N)C(C)O)cc1. The Hall–Kier alpha value is -1.39. The van der Waals surface area contributed by atoms with E-state index in [2.05, 4.69) is 6.92 Å². The number of aryl methyl sites for hydroxylation is 1. The first-order chi connectivity index (χ1) is 8.54. The molecule has 18 heavy (non-hydrogen) atoms. The molecule has 0 aliphatic carbocycles. The lowest BCUT2D eigenvalue weighted by molar-refractivity contribution is -0.138. The molecule has 1 aromatic rings. The molecule has 1 rings (SSSR count). The third-order valence-electron chi connectivity index (χ3n) is 2.75. The van der Waals surface area contributed by atoms with Gasteiger partial charge in [-0.15, -0.1) is 0 Å². The molecular weight excluding hydrogens is 230 g/mol. The van der Waals surface area contributed by atoms with Crippen molar-refractivity contribution >= 4 is 5.97 Å². The molecule has 0 heterocycles. The second kappa shape index (κ2) is 7.13. The van der Waals surface area contributed by atoms with Crippen molar-refractivity contribution in [3.63, 3.8) is 0 Å². The Labute approximate surface area is 108 Å². The molecule has 4 nitrogen and oxygen atoms in total. The Balaban J connectivity index is 2.55. The van der Waals surface area contributed by atoms with Crippen molar-refractivity contribution in [2.45, 2.75) is 45.3 Å². The number of esters is 1. The number of carbonyl (C=O) groups excluding carboxylic acids is 1. The first-order valence-electron chi connectivity index (χ1n) is 6.29. The predicted octanol–water partition coefficient (Wildman–Crippen LogP) is 1.64. The van der Waals surface area contributed by atoms with Crippen LogP contribution in [0.5, 0.6) is 5.75 Å². The maximum atomic E-state index is 11.5. The van der Waals surface area contributed by atoms with E-state index in [1.807, 2.05) is 12.1 Å². The number of benzene rings is 1. The maximum Gasteiger partial charge on any atom is 0.330 e. The minimum absolute atomic E-state index is 0.455. The molecular formula is C14H21NO3. The topological polar surface area (TPSA) is 72.5 Å². The molecule has 3 N–H and O–H groups in total. The molecule has 0 fully saturated rings. The van der Waals surface area contributed by atoms with Crippen molar-refractivity contribution in [2.75, 3.05) is 0 Å². The molecule has 2 unspecified atom stereocenters. The molecule has 4 heteroatoms. The lowest BCUT2D eigenvalue weighted by Gasteiger charge is -2.13. The van der Waals surface area contributed by atoms with Crippen LogP contribution in [0.4, 0.5) is 0 Å². The van der Waals surface area contributed by atoms with Crippen molar-refractivity contribution in [3.05, 3.63) is 29.8 Å². The van der Waals surface area contributed by atoms with Gasteiger partial charge in [-0.25, -0.2) is 4.79 Å². The van der Waals surface area contributed by atoms with E-state index >= 15 is 0 Å². The Bertz CT molecular complexity index is 373. The summed E-state index contributed by atoms with van der Waals surface area (Å²) in [7, 11) is 0. The van der Waals surface area contributed by atoms with E-state index in [0.717, 1.165) is 19.3 Å². The van der Waals surface area contributed by atoms with E-state index in [1.54, 1.807) is 12.1 Å². The summed E-state index contributed by atoms with van der Waals surface area (Å²) in [6, 6.07) is 6.36. The van der Waals surface area contributed by atoms with Gasteiger partial charge in [0.15, 0.2) is 0 Å². The third kappa shape index (κ3) is 4.47. The van der Waals surface area contributed by atoms with E-state index < -0.39 is 18.1 Å². The molecule has 1 aromatic carbocycles. The van der Waals surface area contributed by atoms with Gasteiger partial charge < -0.3 is 15.6 Å². The predicted molar refractivity (Wildman–Crippen MR) is 70.3 cm³/mol. The number of ether oxygens (including phenoxy) is 1. The van der Waals surface area contributed by atoms with Gasteiger partial charge in [-0.1, -0.05) is 25.5 Å². The second-order valence-electron chi connectivity index (χ2n) is 4.43. The zero-order chi connectivity index (χ0) is 13.5. The van der Waals surface area contributed by atoms with Crippen LogP contribution in [0.25, 0.3) is 0 Å². The van der Waals surface area contributed by atoms with E-state index in [-0.39, 0.29) is 0 Å². The lowest BCUT2D eigenvalue weighted by atomic mass is 10.1. The number of carbonyl (C=O) groups is 1. The molecule has 0 bridgehead atoms. The van der Waals surface area contributed by atoms with Crippen LogP contribution in [0.15, 0.2) is 24.3 Å². The summed E-state index contributed by atoms with van der Waals surface area (Å²) in [6.07, 6.45) is 2.41. The molecule has 0 aromatic heterocycles. The lowest BCUT2D eigenvalue weighted by Crippen LogP contribution is -2.42. The van der Waals surface area contributed by atoms with Crippen LogP contribution in [0.3, 0.4) is 0 Å². The van der Waals surface area contributed by atoms with Crippen LogP contribution in [-0.2, 0) is 11.2 Å². The number of unbranched alkanes of at least 4 members (excludes halogenated alkanes) is 1. The largest absolute Gasteiger partial charge is 0.425 e. The minimum atomic E-state index is -1.01. The number of rotatable bonds is 6. The standard InChI is InChI=1S/C14H21NO3/c1-3-4-5-11-6-8-12(9-7-11)18-14(17)13(15)10(2)16/h6-10,13,16H,3-5,15H2,1-2H3. The zero-order valence-corrected chi connectivity index (χ0v) is 10.9. The Morgan fingerprint density at radius 2 is 2.00 bits per heavy atom. The van der Waals surface area contributed by atoms with E-state index in [0.29, 0.717) is 5.75 Å². The first-order valence-corrected chi connectivity index (χ1v) is 6.29. The van der Waals surface area contributed by atoms with Gasteiger partial charge in [0.25, 0.3) is 0 Å². The monoisotopic (exact) mass is 251 g/mol. The number of hydrogen-bond donors (Lipinski definition) is 2. The fourth-order valence-corrected chi connectivity index (χ4v) is 1.49. The minimum Gasteiger partial charge on any atom is -0.425 e. The average Bonchev–Trinajstić information content (AvgIpc) is 2.36. The molecule has 0 spiro atoms. The van der Waals surface area contributed by atoms with Gasteiger partial charge in [0.2, 0.25) is 0 Å². The van der Waals surface area contributed by atoms with E-state index in [9.17, 15) is 9.90 Å². The van der Waals surface area contributed by atoms with Crippen molar-refractivity contribution in [3.8, 4) is 5.75 Å². The van der Waals surface area contributed by atoms with E-state index in [4.69, 9.17) is 10.5 Å². The summed E-state index contributed by atoms with van der Waals surface area (Å²) in [6.45, 7) is 3.60. The first kappa shape index (κ1) is 14.7. The summed E-state index contributed by atoms with van der Waals surface area (Å²) in [5, 5.41) is 9.18. The van der Waals surface area contributed by atoms with Crippen LogP contribution in [0.2, 0.25) is 0 Å². The van der Waals surface area contributed by atoms with Crippen LogP contribution >= 0.6 is 0 Å². The van der Waals surface area contributed by atoms with Gasteiger partial charge in [0.05, 0.1) is 6.10 Å². The number of nitrogens with two attached hydrogens (primary N) is 1. The molecule has 0 saturated carbocycles. The summed E-state index contributed by atoms with van der Waals surface area (Å²) in [5.74, 6) is -0.164. The highest BCUT2D eigenvalue weighted by atomic mass is 16.5. The molecule has 0 aliphatic heterocycles. The van der Waals surface area contributed by atoms with Gasteiger partial charge >= 0.3 is 5.97 Å². The van der Waals surface area contributed by atoms with Crippen molar-refractivity contribution in [2.24, 2.45) is 5.73 Å². The van der Waals surface area contributed by atoms with Gasteiger partial charge in [0, 0.05) is 0 Å². The van der Waals surface area contributed by atoms with Crippen molar-refractivity contribution in [1.82, 2.24) is 0 Å². The smallest absolute Gasteiger partial charge is 0.330 e. The molecule has 0 radical (unpaired) electrons. The summed E-state index contributed by atoms with van der Waals surface area (Å²) < 4.78 is 5.07. The van der Waals surface area contributed by atoms with Gasteiger partial charge in [-0.2, -0.15) is 0 Å². The summed E-state index contributed by atoms with van der Waals surface area (Å²) >= 11 is 0. The molecule has 0 aliphatic rings. The highest BCUT2D eigenvalue weighted by molar-refractivity contribution is 5.78. The number of aliphatic hydroxyl groups is 1. The maximum absolute atomic E-state index is 11.5. The normalized spacial score (nSPS) is 14.0. The fraction of sp³-hybridized carbons (Fsp3) is 0.500. The average molecular weight is 251 g/mol. The quantitative estimate of drug-likeness (QED) is 0.595. The zero-order valence-electron chi connectivity index (χ0n) is 10.9. The van der Waals surface area contributed by atoms with Crippen LogP contribution < -0.4 is 10.5 Å². The van der Waals surface area contributed by atoms with Crippen molar-refractivity contribution in [1.29, 1.82) is 0 Å². The van der Waals surface area contributed by atoms with Crippen LogP contribution in [0.1, 0.15) is 32.3 Å². The van der Waals surface area contributed by atoms with Crippen molar-refractivity contribution < 1.29 is 14.6 Å². The van der Waals surface area contributed by atoms with Crippen LogP contribution in [0, 0.1) is 0 Å².